The Hall–Kier alpha value is -6.43. The van der Waals surface area contributed by atoms with Crippen molar-refractivity contribution in [1.82, 2.24) is 15.0 Å². The van der Waals surface area contributed by atoms with Gasteiger partial charge in [-0.3, -0.25) is 0 Å². The highest BCUT2D eigenvalue weighted by molar-refractivity contribution is 7.25. The zero-order valence-electron chi connectivity index (χ0n) is 26.6. The summed E-state index contributed by atoms with van der Waals surface area (Å²) in [6, 6.07) is 53.4. The molecule has 11 rings (SSSR count). The number of thiophene rings is 1. The predicted molar refractivity (Wildman–Crippen MR) is 209 cm³/mol. The number of hydrogen-bond donors (Lipinski definition) is 0. The number of nitrogens with zero attached hydrogens (tertiary/aromatic N) is 3. The van der Waals surface area contributed by atoms with Crippen LogP contribution in [0.25, 0.3) is 109 Å². The average Bonchev–Trinajstić information content (AvgIpc) is 3.75. The van der Waals surface area contributed by atoms with Gasteiger partial charge in [-0.25, -0.2) is 15.0 Å². The van der Waals surface area contributed by atoms with Gasteiger partial charge in [-0.2, -0.15) is 0 Å². The van der Waals surface area contributed by atoms with E-state index in [2.05, 4.69) is 133 Å². The molecule has 0 bridgehead atoms. The Morgan fingerprint density at radius 2 is 0.960 bits per heavy atom. The van der Waals surface area contributed by atoms with Crippen LogP contribution in [0, 0.1) is 0 Å². The van der Waals surface area contributed by atoms with Gasteiger partial charge in [0.15, 0.2) is 17.5 Å². The smallest absolute Gasteiger partial charge is 0.164 e. The van der Waals surface area contributed by atoms with E-state index in [4.69, 9.17) is 19.4 Å². The van der Waals surface area contributed by atoms with Gasteiger partial charge in [-0.05, 0) is 74.8 Å². The molecule has 0 aliphatic rings. The SMILES string of the molecule is c1ccc2c(c1)ccc1c3cccc(-c4nc(-c5ccc6c(c5)oc5ccccc56)nc(-c5ccc6sc7ccccc7c6c5)n4)c3ccc21. The zero-order valence-corrected chi connectivity index (χ0v) is 27.4. The van der Waals surface area contributed by atoms with Crippen LogP contribution in [-0.2, 0) is 0 Å². The van der Waals surface area contributed by atoms with E-state index in [1.165, 1.54) is 47.1 Å². The summed E-state index contributed by atoms with van der Waals surface area (Å²) in [5.74, 6) is 1.87. The molecule has 4 nitrogen and oxygen atoms in total. The van der Waals surface area contributed by atoms with Gasteiger partial charge < -0.3 is 4.42 Å². The standard InChI is InChI=1S/C45H25N3OS/c1-2-9-29-26(8-1)16-19-32-30-12-7-13-37(33(30)22-21-31(29)32)45-47-43(27-18-23-42-38(24-27)36-11-4-6-15-41(36)50-42)46-44(48-45)28-17-20-35-34-10-3-5-14-39(34)49-40(35)25-28/h1-25H. The van der Waals surface area contributed by atoms with Gasteiger partial charge in [0.1, 0.15) is 11.2 Å². The number of benzene rings is 8. The van der Waals surface area contributed by atoms with Crippen LogP contribution in [0.3, 0.4) is 0 Å². The topological polar surface area (TPSA) is 51.8 Å². The molecule has 0 atom stereocenters. The monoisotopic (exact) mass is 655 g/mol. The molecule has 0 radical (unpaired) electrons. The Labute approximate surface area is 289 Å². The van der Waals surface area contributed by atoms with Crippen LogP contribution in [-0.4, -0.2) is 15.0 Å². The van der Waals surface area contributed by atoms with E-state index in [0.29, 0.717) is 17.5 Å². The Morgan fingerprint density at radius 3 is 1.88 bits per heavy atom. The third-order valence-electron chi connectivity index (χ3n) is 9.93. The van der Waals surface area contributed by atoms with Crippen LogP contribution in [0.1, 0.15) is 0 Å². The number of rotatable bonds is 3. The largest absolute Gasteiger partial charge is 0.456 e. The summed E-state index contributed by atoms with van der Waals surface area (Å²) in [5, 5.41) is 11.8. The molecule has 0 unspecified atom stereocenters. The lowest BCUT2D eigenvalue weighted by Crippen LogP contribution is -2.00. The number of aromatic nitrogens is 3. The summed E-state index contributed by atoms with van der Waals surface area (Å²) < 4.78 is 8.80. The summed E-state index contributed by atoms with van der Waals surface area (Å²) in [6.07, 6.45) is 0. The lowest BCUT2D eigenvalue weighted by molar-refractivity contribution is 0.669. The minimum Gasteiger partial charge on any atom is -0.456 e. The predicted octanol–water partition coefficient (Wildman–Crippen LogP) is 12.6. The van der Waals surface area contributed by atoms with E-state index in [1.807, 2.05) is 29.5 Å². The van der Waals surface area contributed by atoms with Gasteiger partial charge in [0.05, 0.1) is 0 Å². The van der Waals surface area contributed by atoms with Gasteiger partial charge in [-0.15, -0.1) is 11.3 Å². The van der Waals surface area contributed by atoms with Crippen LogP contribution >= 0.6 is 11.3 Å². The first kappa shape index (κ1) is 27.5. The van der Waals surface area contributed by atoms with Gasteiger partial charge in [-0.1, -0.05) is 109 Å². The highest BCUT2D eigenvalue weighted by Gasteiger charge is 2.18. The van der Waals surface area contributed by atoms with Crippen molar-refractivity contribution in [3.8, 4) is 34.2 Å². The minimum absolute atomic E-state index is 0.603. The van der Waals surface area contributed by atoms with E-state index < -0.39 is 0 Å². The van der Waals surface area contributed by atoms with Crippen LogP contribution in [0.5, 0.6) is 0 Å². The Kier molecular flexibility index (Phi) is 5.80. The molecular formula is C45H25N3OS. The fourth-order valence-electron chi connectivity index (χ4n) is 7.54. The first-order valence-corrected chi connectivity index (χ1v) is 17.5. The molecule has 50 heavy (non-hydrogen) atoms. The molecule has 0 N–H and O–H groups in total. The maximum atomic E-state index is 6.28. The van der Waals surface area contributed by atoms with Crippen molar-refractivity contribution in [1.29, 1.82) is 0 Å². The van der Waals surface area contributed by atoms with E-state index in [-0.39, 0.29) is 0 Å². The fourth-order valence-corrected chi connectivity index (χ4v) is 8.62. The second-order valence-electron chi connectivity index (χ2n) is 12.8. The van der Waals surface area contributed by atoms with Crippen molar-refractivity contribution >= 4 is 85.8 Å². The van der Waals surface area contributed by atoms with Crippen molar-refractivity contribution in [2.24, 2.45) is 0 Å². The summed E-state index contributed by atoms with van der Waals surface area (Å²) >= 11 is 1.81. The molecule has 3 aromatic heterocycles. The van der Waals surface area contributed by atoms with Crippen molar-refractivity contribution in [2.45, 2.75) is 0 Å². The highest BCUT2D eigenvalue weighted by atomic mass is 32.1. The van der Waals surface area contributed by atoms with Gasteiger partial charge in [0, 0.05) is 47.6 Å². The fraction of sp³-hybridized carbons (Fsp3) is 0. The second-order valence-corrected chi connectivity index (χ2v) is 13.9. The normalized spacial score (nSPS) is 12.0. The Bertz CT molecular complexity index is 3170. The molecule has 5 heteroatoms. The molecule has 11 aromatic rings. The van der Waals surface area contributed by atoms with Crippen molar-refractivity contribution in [3.05, 3.63) is 152 Å². The Morgan fingerprint density at radius 1 is 0.360 bits per heavy atom. The van der Waals surface area contributed by atoms with Crippen LogP contribution < -0.4 is 0 Å². The lowest BCUT2D eigenvalue weighted by atomic mass is 9.95. The third kappa shape index (κ3) is 4.14. The molecule has 0 fully saturated rings. The molecule has 232 valence electrons. The van der Waals surface area contributed by atoms with Crippen molar-refractivity contribution in [3.63, 3.8) is 0 Å². The third-order valence-corrected chi connectivity index (χ3v) is 11.1. The average molecular weight is 656 g/mol. The number of fused-ring (bicyclic) bond motifs is 11. The summed E-state index contributed by atoms with van der Waals surface area (Å²) in [6.45, 7) is 0. The molecule has 0 saturated carbocycles. The van der Waals surface area contributed by atoms with Gasteiger partial charge in [0.2, 0.25) is 0 Å². The van der Waals surface area contributed by atoms with Crippen molar-refractivity contribution in [2.75, 3.05) is 0 Å². The molecule has 3 heterocycles. The van der Waals surface area contributed by atoms with E-state index in [1.54, 1.807) is 0 Å². The van der Waals surface area contributed by atoms with Crippen LogP contribution in [0.15, 0.2) is 156 Å². The highest BCUT2D eigenvalue weighted by Crippen LogP contribution is 2.39. The summed E-state index contributed by atoms with van der Waals surface area (Å²) in [4.78, 5) is 15.5. The quantitative estimate of drug-likeness (QED) is 0.178. The zero-order chi connectivity index (χ0) is 32.8. The Balaban J connectivity index is 1.16. The number of para-hydroxylation sites is 1. The van der Waals surface area contributed by atoms with Gasteiger partial charge >= 0.3 is 0 Å². The van der Waals surface area contributed by atoms with Crippen LogP contribution in [0.2, 0.25) is 0 Å². The molecular weight excluding hydrogens is 631 g/mol. The van der Waals surface area contributed by atoms with E-state index in [0.717, 1.165) is 44.0 Å². The number of furan rings is 1. The van der Waals surface area contributed by atoms with Crippen molar-refractivity contribution < 1.29 is 4.42 Å². The van der Waals surface area contributed by atoms with Gasteiger partial charge in [0.25, 0.3) is 0 Å². The van der Waals surface area contributed by atoms with Crippen LogP contribution in [0.4, 0.5) is 0 Å². The molecule has 0 saturated heterocycles. The maximum Gasteiger partial charge on any atom is 0.164 e. The first-order valence-electron chi connectivity index (χ1n) is 16.7. The minimum atomic E-state index is 0.603. The van der Waals surface area contributed by atoms with E-state index in [9.17, 15) is 0 Å². The molecule has 0 spiro atoms. The molecule has 8 aromatic carbocycles. The molecule has 0 aliphatic heterocycles. The van der Waals surface area contributed by atoms with E-state index >= 15 is 0 Å². The second kappa shape index (κ2) is 10.5. The lowest BCUT2D eigenvalue weighted by Gasteiger charge is -2.12. The maximum absolute atomic E-state index is 6.28. The molecule has 0 amide bonds. The summed E-state index contributed by atoms with van der Waals surface area (Å²) in [7, 11) is 0. The summed E-state index contributed by atoms with van der Waals surface area (Å²) in [5.41, 5.74) is 4.47. The molecule has 0 aliphatic carbocycles. The first-order chi connectivity index (χ1) is 24.7. The number of hydrogen-bond acceptors (Lipinski definition) is 5.